The van der Waals surface area contributed by atoms with E-state index in [1.54, 1.807) is 20.2 Å². The maximum Gasteiger partial charge on any atom is 0.191 e. The van der Waals surface area contributed by atoms with Crippen LogP contribution in [-0.4, -0.2) is 44.8 Å². The number of aromatic amines is 1. The number of aliphatic imine (C=N–C) groups is 1. The Bertz CT molecular complexity index is 945. The maximum absolute atomic E-state index is 13.3. The quantitative estimate of drug-likeness (QED) is 0.186. The van der Waals surface area contributed by atoms with Gasteiger partial charge in [-0.25, -0.2) is 4.39 Å². The molecule has 0 bridgehead atoms. The van der Waals surface area contributed by atoms with Gasteiger partial charge in [0.2, 0.25) is 0 Å². The first-order chi connectivity index (χ1) is 13.7. The average Bonchev–Trinajstić information content (AvgIpc) is 3.11. The molecule has 1 heterocycles. The summed E-state index contributed by atoms with van der Waals surface area (Å²) in [7, 11) is 3.36. The molecule has 29 heavy (non-hydrogen) atoms. The number of fused-ring (bicyclic) bond motifs is 1. The van der Waals surface area contributed by atoms with E-state index in [1.807, 2.05) is 30.5 Å². The van der Waals surface area contributed by atoms with Gasteiger partial charge in [0.25, 0.3) is 0 Å². The molecule has 3 rings (SSSR count). The van der Waals surface area contributed by atoms with E-state index >= 15 is 0 Å². The fraction of sp³-hybridized carbons (Fsp3) is 0.286. The number of hydrogen-bond donors (Lipinski definition) is 3. The van der Waals surface area contributed by atoms with Crippen LogP contribution >= 0.6 is 24.0 Å². The monoisotopic (exact) mass is 512 g/mol. The third kappa shape index (κ3) is 6.52. The van der Waals surface area contributed by atoms with Crippen LogP contribution in [-0.2, 0) is 6.42 Å². The summed E-state index contributed by atoms with van der Waals surface area (Å²) in [5, 5.41) is 7.53. The number of methoxy groups -OCH3 is 1. The molecule has 0 amide bonds. The summed E-state index contributed by atoms with van der Waals surface area (Å²) in [6.45, 7) is 1.83. The lowest BCUT2D eigenvalue weighted by Gasteiger charge is -2.12. The van der Waals surface area contributed by atoms with E-state index in [0.29, 0.717) is 25.7 Å². The molecule has 0 aliphatic carbocycles. The second-order valence-electron chi connectivity index (χ2n) is 6.21. The number of H-pyrrole nitrogens is 1. The van der Waals surface area contributed by atoms with E-state index in [-0.39, 0.29) is 29.8 Å². The Morgan fingerprint density at radius 1 is 1.10 bits per heavy atom. The Morgan fingerprint density at radius 3 is 2.69 bits per heavy atom. The Kier molecular flexibility index (Phi) is 9.04. The van der Waals surface area contributed by atoms with Gasteiger partial charge in [0.15, 0.2) is 5.96 Å². The molecule has 3 aromatic rings. The normalized spacial score (nSPS) is 11.1. The largest absolute Gasteiger partial charge is 0.497 e. The highest BCUT2D eigenvalue weighted by Gasteiger charge is 2.05. The van der Waals surface area contributed by atoms with Gasteiger partial charge in [0.05, 0.1) is 13.7 Å². The van der Waals surface area contributed by atoms with E-state index in [9.17, 15) is 4.39 Å². The summed E-state index contributed by atoms with van der Waals surface area (Å²) >= 11 is 0. The lowest BCUT2D eigenvalue weighted by Crippen LogP contribution is -2.40. The Balaban J connectivity index is 0.00000300. The number of rotatable bonds is 8. The lowest BCUT2D eigenvalue weighted by molar-refractivity contribution is 0.319. The third-order valence-electron chi connectivity index (χ3n) is 4.34. The number of benzene rings is 2. The zero-order chi connectivity index (χ0) is 19.8. The summed E-state index contributed by atoms with van der Waals surface area (Å²) in [5.41, 5.74) is 1.95. The molecule has 0 atom stereocenters. The first-order valence-corrected chi connectivity index (χ1v) is 9.16. The molecule has 156 valence electrons. The van der Waals surface area contributed by atoms with Crippen LogP contribution in [0.2, 0.25) is 0 Å². The fourth-order valence-electron chi connectivity index (χ4n) is 2.93. The van der Waals surface area contributed by atoms with Crippen molar-refractivity contribution in [2.24, 2.45) is 4.99 Å². The Hall–Kier alpha value is -2.49. The first kappa shape index (κ1) is 22.8. The Labute approximate surface area is 186 Å². The lowest BCUT2D eigenvalue weighted by atomic mass is 10.1. The summed E-state index contributed by atoms with van der Waals surface area (Å²) in [5.74, 6) is 2.00. The van der Waals surface area contributed by atoms with Gasteiger partial charge in [0, 0.05) is 36.8 Å². The molecule has 2 aromatic carbocycles. The molecule has 0 unspecified atom stereocenters. The molecular weight excluding hydrogens is 486 g/mol. The van der Waals surface area contributed by atoms with Crippen molar-refractivity contribution in [3.8, 4) is 11.5 Å². The highest BCUT2D eigenvalue weighted by atomic mass is 127. The minimum Gasteiger partial charge on any atom is -0.497 e. The number of guanidine groups is 1. The molecule has 0 spiro atoms. The van der Waals surface area contributed by atoms with E-state index in [0.717, 1.165) is 34.4 Å². The molecule has 0 fully saturated rings. The zero-order valence-electron chi connectivity index (χ0n) is 16.5. The number of nitrogens with one attached hydrogen (secondary N) is 3. The van der Waals surface area contributed by atoms with Gasteiger partial charge >= 0.3 is 0 Å². The van der Waals surface area contributed by atoms with Crippen LogP contribution < -0.4 is 20.1 Å². The minimum absolute atomic E-state index is 0. The second-order valence-corrected chi connectivity index (χ2v) is 6.21. The maximum atomic E-state index is 13.3. The number of aromatic nitrogens is 1. The average molecular weight is 512 g/mol. The highest BCUT2D eigenvalue weighted by Crippen LogP contribution is 2.19. The van der Waals surface area contributed by atoms with Crippen molar-refractivity contribution in [1.29, 1.82) is 0 Å². The van der Waals surface area contributed by atoms with E-state index in [4.69, 9.17) is 9.47 Å². The molecule has 3 N–H and O–H groups in total. The van der Waals surface area contributed by atoms with Crippen LogP contribution in [0.4, 0.5) is 4.39 Å². The summed E-state index contributed by atoms with van der Waals surface area (Å²) < 4.78 is 24.2. The van der Waals surface area contributed by atoms with Crippen molar-refractivity contribution in [1.82, 2.24) is 15.6 Å². The van der Waals surface area contributed by atoms with Crippen LogP contribution in [0.1, 0.15) is 5.56 Å². The van der Waals surface area contributed by atoms with Crippen molar-refractivity contribution in [2.75, 3.05) is 33.9 Å². The third-order valence-corrected chi connectivity index (χ3v) is 4.34. The van der Waals surface area contributed by atoms with Crippen LogP contribution in [0.5, 0.6) is 11.5 Å². The predicted molar refractivity (Wildman–Crippen MR) is 125 cm³/mol. The number of hydrogen-bond acceptors (Lipinski definition) is 3. The molecule has 0 radical (unpaired) electrons. The van der Waals surface area contributed by atoms with Crippen molar-refractivity contribution in [2.45, 2.75) is 6.42 Å². The first-order valence-electron chi connectivity index (χ1n) is 9.16. The van der Waals surface area contributed by atoms with Gasteiger partial charge < -0.3 is 25.1 Å². The van der Waals surface area contributed by atoms with Gasteiger partial charge in [-0.3, -0.25) is 4.99 Å². The van der Waals surface area contributed by atoms with E-state index in [2.05, 4.69) is 20.6 Å². The minimum atomic E-state index is -0.236. The molecule has 0 aliphatic rings. The number of halogens is 2. The molecule has 6 nitrogen and oxygen atoms in total. The molecule has 0 aliphatic heterocycles. The zero-order valence-corrected chi connectivity index (χ0v) is 18.8. The van der Waals surface area contributed by atoms with Crippen molar-refractivity contribution in [3.05, 3.63) is 60.0 Å². The molecular formula is C21H26FIN4O2. The van der Waals surface area contributed by atoms with Crippen molar-refractivity contribution in [3.63, 3.8) is 0 Å². The second kappa shape index (κ2) is 11.5. The molecule has 0 saturated carbocycles. The SMILES string of the molecule is CN=C(NCCOc1cccc(OC)c1)NCCc1c[nH]c2cc(F)ccc12.I. The van der Waals surface area contributed by atoms with Crippen LogP contribution in [0, 0.1) is 5.82 Å². The molecule has 8 heteroatoms. The van der Waals surface area contributed by atoms with Crippen LogP contribution in [0.25, 0.3) is 10.9 Å². The number of ether oxygens (including phenoxy) is 2. The van der Waals surface area contributed by atoms with Crippen molar-refractivity contribution >= 4 is 40.8 Å². The van der Waals surface area contributed by atoms with Crippen LogP contribution in [0.15, 0.2) is 53.7 Å². The summed E-state index contributed by atoms with van der Waals surface area (Å²) in [6.07, 6.45) is 2.72. The van der Waals surface area contributed by atoms with Crippen molar-refractivity contribution < 1.29 is 13.9 Å². The summed E-state index contributed by atoms with van der Waals surface area (Å²) in [6, 6.07) is 12.3. The van der Waals surface area contributed by atoms with Gasteiger partial charge in [-0.1, -0.05) is 6.07 Å². The smallest absolute Gasteiger partial charge is 0.191 e. The Morgan fingerprint density at radius 2 is 1.90 bits per heavy atom. The standard InChI is InChI=1S/C21H25FN4O2.HI/c1-23-21(25-10-11-28-18-5-3-4-17(13-18)27-2)24-9-8-15-14-26-20-12-16(22)6-7-19(15)20;/h3-7,12-14,26H,8-11H2,1-2H3,(H2,23,24,25);1H. The topological polar surface area (TPSA) is 70.7 Å². The fourth-order valence-corrected chi connectivity index (χ4v) is 2.93. The molecule has 1 aromatic heterocycles. The van der Waals surface area contributed by atoms with E-state index < -0.39 is 0 Å². The molecule has 0 saturated heterocycles. The number of nitrogens with zero attached hydrogens (tertiary/aromatic N) is 1. The van der Waals surface area contributed by atoms with Gasteiger partial charge in [-0.15, -0.1) is 24.0 Å². The van der Waals surface area contributed by atoms with Gasteiger partial charge in [0.1, 0.15) is 23.9 Å². The predicted octanol–water partition coefficient (Wildman–Crippen LogP) is 3.72. The highest BCUT2D eigenvalue weighted by molar-refractivity contribution is 14.0. The van der Waals surface area contributed by atoms with Gasteiger partial charge in [-0.05, 0) is 42.3 Å². The van der Waals surface area contributed by atoms with Crippen LogP contribution in [0.3, 0.4) is 0 Å². The van der Waals surface area contributed by atoms with E-state index in [1.165, 1.54) is 12.1 Å². The summed E-state index contributed by atoms with van der Waals surface area (Å²) in [4.78, 5) is 7.32. The van der Waals surface area contributed by atoms with Gasteiger partial charge in [-0.2, -0.15) is 0 Å².